The molecule has 2 N–H and O–H groups in total. The van der Waals surface area contributed by atoms with Crippen molar-refractivity contribution in [2.24, 2.45) is 7.05 Å². The summed E-state index contributed by atoms with van der Waals surface area (Å²) in [5.41, 5.74) is 2.97. The van der Waals surface area contributed by atoms with Crippen LogP contribution in [0.5, 0.6) is 11.5 Å². The van der Waals surface area contributed by atoms with Gasteiger partial charge < -0.3 is 20.1 Å². The van der Waals surface area contributed by atoms with Crippen LogP contribution in [0.4, 0.5) is 5.69 Å². The second-order valence-electron chi connectivity index (χ2n) is 5.82. The maximum atomic E-state index is 12.1. The molecule has 0 fully saturated rings. The van der Waals surface area contributed by atoms with E-state index in [2.05, 4.69) is 15.7 Å². The Morgan fingerprint density at radius 2 is 1.81 bits per heavy atom. The van der Waals surface area contributed by atoms with E-state index in [9.17, 15) is 9.59 Å². The Labute approximate surface area is 152 Å². The van der Waals surface area contributed by atoms with Gasteiger partial charge in [-0.15, -0.1) is 0 Å². The summed E-state index contributed by atoms with van der Waals surface area (Å²) in [6.07, 6.45) is 0.560. The second kappa shape index (κ2) is 8.37. The predicted octanol–water partition coefficient (Wildman–Crippen LogP) is 1.35. The van der Waals surface area contributed by atoms with Crippen LogP contribution in [0.15, 0.2) is 18.2 Å². The Bertz CT molecular complexity index is 814. The number of rotatable bonds is 6. The number of amides is 2. The maximum absolute atomic E-state index is 12.1. The number of aromatic nitrogens is 2. The third-order valence-corrected chi connectivity index (χ3v) is 4.10. The number of carbonyl (C=O) groups is 2. The van der Waals surface area contributed by atoms with Crippen molar-refractivity contribution < 1.29 is 19.1 Å². The second-order valence-corrected chi connectivity index (χ2v) is 5.82. The molecule has 8 heteroatoms. The van der Waals surface area contributed by atoms with Gasteiger partial charge >= 0.3 is 11.8 Å². The molecule has 1 heterocycles. The summed E-state index contributed by atoms with van der Waals surface area (Å²) >= 11 is 0. The summed E-state index contributed by atoms with van der Waals surface area (Å²) in [7, 11) is 4.92. The molecule has 0 saturated heterocycles. The third-order valence-electron chi connectivity index (χ3n) is 4.10. The monoisotopic (exact) mass is 360 g/mol. The fourth-order valence-corrected chi connectivity index (χ4v) is 2.56. The van der Waals surface area contributed by atoms with Gasteiger partial charge in [0.15, 0.2) is 11.5 Å². The van der Waals surface area contributed by atoms with Gasteiger partial charge in [-0.25, -0.2) is 0 Å². The molecule has 0 saturated carbocycles. The van der Waals surface area contributed by atoms with Crippen LogP contribution in [0, 0.1) is 13.8 Å². The number of carbonyl (C=O) groups excluding carboxylic acids is 2. The highest BCUT2D eigenvalue weighted by Crippen LogP contribution is 2.27. The number of ether oxygens (including phenoxy) is 2. The molecule has 2 amide bonds. The minimum absolute atomic E-state index is 0.326. The highest BCUT2D eigenvalue weighted by atomic mass is 16.5. The van der Waals surface area contributed by atoms with Crippen molar-refractivity contribution in [3.8, 4) is 11.5 Å². The summed E-state index contributed by atoms with van der Waals surface area (Å²) in [4.78, 5) is 24.1. The molecule has 0 unspecified atom stereocenters. The van der Waals surface area contributed by atoms with Gasteiger partial charge in [-0.1, -0.05) is 6.07 Å². The summed E-state index contributed by atoms with van der Waals surface area (Å²) < 4.78 is 12.1. The SMILES string of the molecule is COc1ccc(CCNC(=O)C(=O)Nc2c(C)nn(C)c2C)cc1OC. The number of nitrogens with one attached hydrogen (secondary N) is 2. The zero-order valence-corrected chi connectivity index (χ0v) is 15.7. The van der Waals surface area contributed by atoms with Gasteiger partial charge in [0.2, 0.25) is 0 Å². The zero-order chi connectivity index (χ0) is 19.3. The number of methoxy groups -OCH3 is 2. The van der Waals surface area contributed by atoms with Gasteiger partial charge in [0, 0.05) is 13.6 Å². The highest BCUT2D eigenvalue weighted by Gasteiger charge is 2.18. The lowest BCUT2D eigenvalue weighted by molar-refractivity contribution is -0.136. The van der Waals surface area contributed by atoms with E-state index in [-0.39, 0.29) is 0 Å². The molecule has 2 aromatic rings. The van der Waals surface area contributed by atoms with E-state index in [4.69, 9.17) is 9.47 Å². The quantitative estimate of drug-likeness (QED) is 0.759. The normalized spacial score (nSPS) is 10.3. The number of benzene rings is 1. The van der Waals surface area contributed by atoms with Crippen molar-refractivity contribution in [2.45, 2.75) is 20.3 Å². The minimum atomic E-state index is -0.712. The van der Waals surface area contributed by atoms with Crippen molar-refractivity contribution >= 4 is 17.5 Å². The number of aryl methyl sites for hydroxylation is 2. The molecule has 1 aromatic heterocycles. The maximum Gasteiger partial charge on any atom is 0.313 e. The molecule has 140 valence electrons. The molecule has 0 spiro atoms. The Hall–Kier alpha value is -3.03. The van der Waals surface area contributed by atoms with E-state index >= 15 is 0 Å². The van der Waals surface area contributed by atoms with Gasteiger partial charge in [-0.05, 0) is 38.0 Å². The molecular formula is C18H24N4O4. The largest absolute Gasteiger partial charge is 0.493 e. The zero-order valence-electron chi connectivity index (χ0n) is 15.7. The van der Waals surface area contributed by atoms with Crippen LogP contribution >= 0.6 is 0 Å². The van der Waals surface area contributed by atoms with Crippen LogP contribution in [0.1, 0.15) is 17.0 Å². The first-order chi connectivity index (χ1) is 12.4. The molecule has 0 atom stereocenters. The highest BCUT2D eigenvalue weighted by molar-refractivity contribution is 6.39. The van der Waals surface area contributed by atoms with Gasteiger partial charge in [0.25, 0.3) is 0 Å². The average Bonchev–Trinajstić information content (AvgIpc) is 2.87. The van der Waals surface area contributed by atoms with Crippen molar-refractivity contribution in [1.29, 1.82) is 0 Å². The van der Waals surface area contributed by atoms with Gasteiger partial charge in [-0.3, -0.25) is 14.3 Å². The molecule has 0 bridgehead atoms. The van der Waals surface area contributed by atoms with Crippen LogP contribution in [0.3, 0.4) is 0 Å². The summed E-state index contributed by atoms with van der Waals surface area (Å²) in [5, 5.41) is 9.43. The number of nitrogens with zero attached hydrogens (tertiary/aromatic N) is 2. The molecule has 2 rings (SSSR count). The lowest BCUT2D eigenvalue weighted by Gasteiger charge is -2.10. The van der Waals surface area contributed by atoms with E-state index < -0.39 is 11.8 Å². The topological polar surface area (TPSA) is 94.5 Å². The lowest BCUT2D eigenvalue weighted by Crippen LogP contribution is -2.36. The van der Waals surface area contributed by atoms with Crippen LogP contribution in [0.25, 0.3) is 0 Å². The number of anilines is 1. The summed E-state index contributed by atoms with van der Waals surface area (Å²) in [6.45, 7) is 3.93. The molecule has 0 aliphatic rings. The number of hydrogen-bond acceptors (Lipinski definition) is 5. The predicted molar refractivity (Wildman–Crippen MR) is 97.6 cm³/mol. The molecule has 26 heavy (non-hydrogen) atoms. The third kappa shape index (κ3) is 4.33. The van der Waals surface area contributed by atoms with Crippen LogP contribution < -0.4 is 20.1 Å². The van der Waals surface area contributed by atoms with Crippen molar-refractivity contribution in [1.82, 2.24) is 15.1 Å². The van der Waals surface area contributed by atoms with E-state index in [1.54, 1.807) is 38.9 Å². The Balaban J connectivity index is 1.89. The first kappa shape index (κ1) is 19.3. The van der Waals surface area contributed by atoms with Gasteiger partial charge in [0.05, 0.1) is 31.3 Å². The first-order valence-electron chi connectivity index (χ1n) is 8.17. The Morgan fingerprint density at radius 1 is 1.12 bits per heavy atom. The lowest BCUT2D eigenvalue weighted by atomic mass is 10.1. The molecule has 1 aromatic carbocycles. The van der Waals surface area contributed by atoms with Crippen LogP contribution in [-0.2, 0) is 23.1 Å². The molecule has 0 aliphatic heterocycles. The van der Waals surface area contributed by atoms with Crippen LogP contribution in [0.2, 0.25) is 0 Å². The van der Waals surface area contributed by atoms with Crippen LogP contribution in [-0.4, -0.2) is 42.4 Å². The smallest absolute Gasteiger partial charge is 0.313 e. The molecule has 8 nitrogen and oxygen atoms in total. The van der Waals surface area contributed by atoms with E-state index in [0.717, 1.165) is 11.3 Å². The van der Waals surface area contributed by atoms with E-state index in [0.29, 0.717) is 35.8 Å². The van der Waals surface area contributed by atoms with Crippen molar-refractivity contribution in [2.75, 3.05) is 26.1 Å². The standard InChI is InChI=1S/C18H24N4O4/c1-11-16(12(2)22(3)21-11)20-18(24)17(23)19-9-8-13-6-7-14(25-4)15(10-13)26-5/h6-7,10H,8-9H2,1-5H3,(H,19,23)(H,20,24). The molecule has 0 radical (unpaired) electrons. The van der Waals surface area contributed by atoms with Gasteiger partial charge in [-0.2, -0.15) is 5.10 Å². The van der Waals surface area contributed by atoms with Crippen molar-refractivity contribution in [3.05, 3.63) is 35.2 Å². The fourth-order valence-electron chi connectivity index (χ4n) is 2.56. The first-order valence-corrected chi connectivity index (χ1v) is 8.17. The summed E-state index contributed by atoms with van der Waals surface area (Å²) in [6, 6.07) is 5.53. The fraction of sp³-hybridized carbons (Fsp3) is 0.389. The Morgan fingerprint density at radius 3 is 2.38 bits per heavy atom. The minimum Gasteiger partial charge on any atom is -0.493 e. The van der Waals surface area contributed by atoms with E-state index in [1.165, 1.54) is 0 Å². The molecular weight excluding hydrogens is 336 g/mol. The van der Waals surface area contributed by atoms with Gasteiger partial charge in [0.1, 0.15) is 0 Å². The number of hydrogen-bond donors (Lipinski definition) is 2. The van der Waals surface area contributed by atoms with Crippen molar-refractivity contribution in [3.63, 3.8) is 0 Å². The molecule has 0 aliphatic carbocycles. The average molecular weight is 360 g/mol. The van der Waals surface area contributed by atoms with E-state index in [1.807, 2.05) is 19.1 Å². The summed E-state index contributed by atoms with van der Waals surface area (Å²) in [5.74, 6) is -0.136. The Kier molecular flexibility index (Phi) is 6.21.